The predicted molar refractivity (Wildman–Crippen MR) is 91.6 cm³/mol. The lowest BCUT2D eigenvalue weighted by molar-refractivity contribution is 0.0950. The fourth-order valence-electron chi connectivity index (χ4n) is 2.18. The molecule has 0 radical (unpaired) electrons. The van der Waals surface area contributed by atoms with Crippen molar-refractivity contribution in [1.29, 1.82) is 0 Å². The zero-order valence-electron chi connectivity index (χ0n) is 13.5. The number of ether oxygens (including phenoxy) is 2. The first-order valence-electron chi connectivity index (χ1n) is 7.17. The van der Waals surface area contributed by atoms with Gasteiger partial charge in [0.05, 0.1) is 19.8 Å². The van der Waals surface area contributed by atoms with E-state index in [9.17, 15) is 4.79 Å². The Balaban J connectivity index is 1.95. The first-order chi connectivity index (χ1) is 11.2. The minimum atomic E-state index is -0.108. The van der Waals surface area contributed by atoms with Gasteiger partial charge in [-0.05, 0) is 42.5 Å². The first kappa shape index (κ1) is 17.1. The maximum absolute atomic E-state index is 12.2. The molecule has 0 saturated heterocycles. The van der Waals surface area contributed by atoms with Gasteiger partial charge in [-0.3, -0.25) is 4.79 Å². The van der Waals surface area contributed by atoms with Crippen molar-refractivity contribution in [2.45, 2.75) is 11.4 Å². The fourth-order valence-corrected chi connectivity index (χ4v) is 2.72. The van der Waals surface area contributed by atoms with E-state index in [4.69, 9.17) is 9.47 Å². The number of pyridine rings is 1. The second-order valence-corrected chi connectivity index (χ2v) is 5.55. The Hall–Kier alpha value is -2.21. The van der Waals surface area contributed by atoms with Gasteiger partial charge in [0.15, 0.2) is 11.5 Å². The highest BCUT2D eigenvalue weighted by Gasteiger charge is 2.11. The van der Waals surface area contributed by atoms with Crippen molar-refractivity contribution in [3.8, 4) is 11.5 Å². The molecule has 0 aliphatic heterocycles. The van der Waals surface area contributed by atoms with Crippen molar-refractivity contribution < 1.29 is 14.3 Å². The number of methoxy groups -OCH3 is 2. The van der Waals surface area contributed by atoms with Crippen molar-refractivity contribution in [2.75, 3.05) is 27.0 Å². The molecule has 0 atom stereocenters. The molecular weight excluding hydrogens is 312 g/mol. The van der Waals surface area contributed by atoms with Crippen LogP contribution in [0.1, 0.15) is 15.9 Å². The van der Waals surface area contributed by atoms with Gasteiger partial charge in [-0.1, -0.05) is 6.07 Å². The maximum atomic E-state index is 12.2. The van der Waals surface area contributed by atoms with Crippen LogP contribution in [0.15, 0.2) is 41.6 Å². The average molecular weight is 332 g/mol. The Morgan fingerprint density at radius 3 is 2.70 bits per heavy atom. The van der Waals surface area contributed by atoms with E-state index in [1.165, 1.54) is 11.8 Å². The highest BCUT2D eigenvalue weighted by molar-refractivity contribution is 7.98. The summed E-state index contributed by atoms with van der Waals surface area (Å²) < 4.78 is 10.5. The molecule has 1 aromatic carbocycles. The number of aromatic nitrogens is 1. The molecule has 1 aromatic heterocycles. The molecule has 0 aliphatic rings. The van der Waals surface area contributed by atoms with Gasteiger partial charge in [0.25, 0.3) is 5.91 Å². The van der Waals surface area contributed by atoms with Crippen LogP contribution in [0.3, 0.4) is 0 Å². The summed E-state index contributed by atoms with van der Waals surface area (Å²) in [5.41, 5.74) is 1.67. The van der Waals surface area contributed by atoms with E-state index in [-0.39, 0.29) is 5.91 Å². The van der Waals surface area contributed by atoms with E-state index in [0.717, 1.165) is 10.6 Å². The number of thioether (sulfide) groups is 1. The Labute approximate surface area is 140 Å². The zero-order valence-corrected chi connectivity index (χ0v) is 14.3. The number of hydrogen-bond acceptors (Lipinski definition) is 5. The van der Waals surface area contributed by atoms with Crippen LogP contribution in [0.4, 0.5) is 0 Å². The van der Waals surface area contributed by atoms with Crippen LogP contribution >= 0.6 is 11.8 Å². The molecule has 2 rings (SSSR count). The van der Waals surface area contributed by atoms with E-state index >= 15 is 0 Å². The first-order valence-corrected chi connectivity index (χ1v) is 8.40. The third-order valence-electron chi connectivity index (χ3n) is 3.36. The van der Waals surface area contributed by atoms with Crippen molar-refractivity contribution in [1.82, 2.24) is 10.3 Å². The minimum absolute atomic E-state index is 0.108. The van der Waals surface area contributed by atoms with Crippen LogP contribution < -0.4 is 14.8 Å². The summed E-state index contributed by atoms with van der Waals surface area (Å²) in [6, 6.07) is 9.30. The fraction of sp³-hybridized carbons (Fsp3) is 0.294. The van der Waals surface area contributed by atoms with Gasteiger partial charge >= 0.3 is 0 Å². The number of carbonyl (C=O) groups is 1. The van der Waals surface area contributed by atoms with Gasteiger partial charge < -0.3 is 14.8 Å². The number of hydrogen-bond donors (Lipinski definition) is 1. The van der Waals surface area contributed by atoms with Crippen LogP contribution in [-0.2, 0) is 6.42 Å². The molecule has 6 heteroatoms. The lowest BCUT2D eigenvalue weighted by Crippen LogP contribution is -2.26. The van der Waals surface area contributed by atoms with Crippen LogP contribution in [0, 0.1) is 0 Å². The van der Waals surface area contributed by atoms with E-state index in [1.807, 2.05) is 24.5 Å². The second-order valence-electron chi connectivity index (χ2n) is 4.76. The number of rotatable bonds is 7. The third kappa shape index (κ3) is 4.39. The minimum Gasteiger partial charge on any atom is -0.493 e. The number of benzene rings is 1. The summed E-state index contributed by atoms with van der Waals surface area (Å²) in [5.74, 6) is 1.27. The highest BCUT2D eigenvalue weighted by atomic mass is 32.2. The summed E-state index contributed by atoms with van der Waals surface area (Å²) in [5, 5.41) is 3.66. The number of nitrogens with one attached hydrogen (secondary N) is 1. The van der Waals surface area contributed by atoms with Gasteiger partial charge in [0.1, 0.15) is 5.03 Å². The molecule has 2 aromatic rings. The molecular formula is C17H20N2O3S. The van der Waals surface area contributed by atoms with Gasteiger partial charge in [-0.15, -0.1) is 11.8 Å². The molecule has 1 amide bonds. The summed E-state index contributed by atoms with van der Waals surface area (Å²) in [6.07, 6.45) is 4.30. The van der Waals surface area contributed by atoms with Crippen LogP contribution in [0.2, 0.25) is 0 Å². The molecule has 0 spiro atoms. The molecule has 23 heavy (non-hydrogen) atoms. The number of amides is 1. The topological polar surface area (TPSA) is 60.5 Å². The van der Waals surface area contributed by atoms with Crippen molar-refractivity contribution in [3.63, 3.8) is 0 Å². The maximum Gasteiger partial charge on any atom is 0.254 e. The van der Waals surface area contributed by atoms with Gasteiger partial charge in [0.2, 0.25) is 0 Å². The predicted octanol–water partition coefficient (Wildman–Crippen LogP) is 2.79. The molecule has 1 N–H and O–H groups in total. The number of nitrogens with zero attached hydrogens (tertiary/aromatic N) is 1. The van der Waals surface area contributed by atoms with Gasteiger partial charge in [0, 0.05) is 12.7 Å². The monoisotopic (exact) mass is 332 g/mol. The Morgan fingerprint density at radius 1 is 1.22 bits per heavy atom. The van der Waals surface area contributed by atoms with Crippen LogP contribution in [0.25, 0.3) is 0 Å². The smallest absolute Gasteiger partial charge is 0.254 e. The van der Waals surface area contributed by atoms with Crippen molar-refractivity contribution in [3.05, 3.63) is 47.7 Å². The van der Waals surface area contributed by atoms with E-state index < -0.39 is 0 Å². The largest absolute Gasteiger partial charge is 0.493 e. The highest BCUT2D eigenvalue weighted by Crippen LogP contribution is 2.27. The lowest BCUT2D eigenvalue weighted by atomic mass is 10.1. The zero-order chi connectivity index (χ0) is 16.7. The molecule has 122 valence electrons. The van der Waals surface area contributed by atoms with Gasteiger partial charge in [-0.2, -0.15) is 0 Å². The third-order valence-corrected chi connectivity index (χ3v) is 4.07. The molecule has 5 nitrogen and oxygen atoms in total. The summed E-state index contributed by atoms with van der Waals surface area (Å²) in [4.78, 5) is 16.4. The molecule has 0 saturated carbocycles. The summed E-state index contributed by atoms with van der Waals surface area (Å²) in [7, 11) is 3.21. The average Bonchev–Trinajstić information content (AvgIpc) is 2.61. The summed E-state index contributed by atoms with van der Waals surface area (Å²) in [6.45, 7) is 0.539. The Bertz CT molecular complexity index is 677. The molecule has 1 heterocycles. The molecule has 0 fully saturated rings. The standard InChI is InChI=1S/C17H20N2O3S/c1-21-14-7-6-12(11-15(14)22-2)8-10-18-16(20)13-5-4-9-19-17(13)23-3/h4-7,9,11H,8,10H2,1-3H3,(H,18,20). The van der Waals surface area contributed by atoms with E-state index in [2.05, 4.69) is 10.3 Å². The normalized spacial score (nSPS) is 10.2. The lowest BCUT2D eigenvalue weighted by Gasteiger charge is -2.10. The Morgan fingerprint density at radius 2 is 2.00 bits per heavy atom. The van der Waals surface area contributed by atoms with E-state index in [1.54, 1.807) is 32.5 Å². The van der Waals surface area contributed by atoms with Crippen LogP contribution in [0.5, 0.6) is 11.5 Å². The SMILES string of the molecule is COc1ccc(CCNC(=O)c2cccnc2SC)cc1OC. The molecule has 0 bridgehead atoms. The van der Waals surface area contributed by atoms with Crippen LogP contribution in [-0.4, -0.2) is 37.9 Å². The molecule has 0 aliphatic carbocycles. The number of carbonyl (C=O) groups excluding carboxylic acids is 1. The molecule has 0 unspecified atom stereocenters. The summed E-state index contributed by atoms with van der Waals surface area (Å²) >= 11 is 1.46. The van der Waals surface area contributed by atoms with Crippen molar-refractivity contribution >= 4 is 17.7 Å². The van der Waals surface area contributed by atoms with Gasteiger partial charge in [-0.25, -0.2) is 4.98 Å². The van der Waals surface area contributed by atoms with Crippen molar-refractivity contribution in [2.24, 2.45) is 0 Å². The second kappa shape index (κ2) is 8.43. The quantitative estimate of drug-likeness (QED) is 0.790. The van der Waals surface area contributed by atoms with E-state index in [0.29, 0.717) is 30.0 Å². The Kier molecular flexibility index (Phi) is 6.29.